The van der Waals surface area contributed by atoms with Gasteiger partial charge in [0, 0.05) is 11.1 Å². The zero-order valence-electron chi connectivity index (χ0n) is 11.4. The highest BCUT2D eigenvalue weighted by Crippen LogP contribution is 2.32. The van der Waals surface area contributed by atoms with Gasteiger partial charge in [-0.15, -0.1) is 0 Å². The molecule has 20 heavy (non-hydrogen) atoms. The maximum atomic E-state index is 12.1. The predicted molar refractivity (Wildman–Crippen MR) is 76.1 cm³/mol. The average Bonchev–Trinajstić information content (AvgIpc) is 2.39. The van der Waals surface area contributed by atoms with Crippen LogP contribution in [-0.2, 0) is 5.41 Å². The first-order chi connectivity index (χ1) is 9.39. The zero-order chi connectivity index (χ0) is 14.8. The molecule has 0 saturated heterocycles. The van der Waals surface area contributed by atoms with Crippen LogP contribution in [0.15, 0.2) is 48.5 Å². The maximum absolute atomic E-state index is 12.1. The van der Waals surface area contributed by atoms with Gasteiger partial charge in [0.05, 0.1) is 0 Å². The molecule has 2 aromatic carbocycles. The van der Waals surface area contributed by atoms with Crippen LogP contribution in [0, 0.1) is 0 Å². The summed E-state index contributed by atoms with van der Waals surface area (Å²) in [4.78, 5) is 0. The van der Waals surface area contributed by atoms with Crippen LogP contribution in [-0.4, -0.2) is 6.61 Å². The van der Waals surface area contributed by atoms with Crippen LogP contribution in [0.2, 0.25) is 0 Å². The fourth-order valence-electron chi connectivity index (χ4n) is 2.12. The summed E-state index contributed by atoms with van der Waals surface area (Å²) in [5, 5.41) is 0. The molecule has 0 aliphatic carbocycles. The fraction of sp³-hybridized carbons (Fsp3) is 0.250. The minimum atomic E-state index is -2.80. The molecule has 0 bridgehead atoms. The average molecular weight is 277 g/mol. The Bertz CT molecular complexity index is 562. The smallest absolute Gasteiger partial charge is 0.387 e. The molecule has 0 aliphatic heterocycles. The number of rotatable bonds is 4. The molecule has 0 aliphatic rings. The second-order valence-corrected chi connectivity index (χ2v) is 5.15. The summed E-state index contributed by atoms with van der Waals surface area (Å²) in [6, 6.07) is 14.4. The third kappa shape index (κ3) is 3.07. The molecule has 0 radical (unpaired) electrons. The lowest BCUT2D eigenvalue weighted by atomic mass is 9.78. The largest absolute Gasteiger partial charge is 0.435 e. The van der Waals surface area contributed by atoms with Gasteiger partial charge in [0.25, 0.3) is 0 Å². The molecule has 4 heteroatoms. The SMILES string of the molecule is CC(C)(c1ccc(N)cc1)c1ccc(OC(F)F)cc1. The monoisotopic (exact) mass is 277 g/mol. The van der Waals surface area contributed by atoms with Crippen molar-refractivity contribution in [2.45, 2.75) is 25.9 Å². The van der Waals surface area contributed by atoms with Crippen molar-refractivity contribution in [3.8, 4) is 5.75 Å². The third-order valence-corrected chi connectivity index (χ3v) is 3.43. The van der Waals surface area contributed by atoms with Crippen LogP contribution in [0.3, 0.4) is 0 Å². The van der Waals surface area contributed by atoms with E-state index >= 15 is 0 Å². The van der Waals surface area contributed by atoms with E-state index in [1.165, 1.54) is 0 Å². The Hall–Kier alpha value is -2.10. The van der Waals surface area contributed by atoms with E-state index in [0.717, 1.165) is 11.1 Å². The van der Waals surface area contributed by atoms with E-state index in [0.29, 0.717) is 5.69 Å². The van der Waals surface area contributed by atoms with E-state index in [-0.39, 0.29) is 11.2 Å². The van der Waals surface area contributed by atoms with E-state index < -0.39 is 6.61 Å². The molecule has 2 aromatic rings. The topological polar surface area (TPSA) is 35.2 Å². The lowest BCUT2D eigenvalue weighted by molar-refractivity contribution is -0.0498. The summed E-state index contributed by atoms with van der Waals surface area (Å²) >= 11 is 0. The third-order valence-electron chi connectivity index (χ3n) is 3.43. The van der Waals surface area contributed by atoms with Crippen molar-refractivity contribution in [1.82, 2.24) is 0 Å². The molecule has 0 amide bonds. The van der Waals surface area contributed by atoms with Crippen LogP contribution >= 0.6 is 0 Å². The van der Waals surface area contributed by atoms with Gasteiger partial charge in [0.1, 0.15) is 5.75 Å². The Kier molecular flexibility index (Phi) is 3.93. The number of ether oxygens (including phenoxy) is 1. The van der Waals surface area contributed by atoms with E-state index in [2.05, 4.69) is 18.6 Å². The second-order valence-electron chi connectivity index (χ2n) is 5.15. The minimum absolute atomic E-state index is 0.164. The van der Waals surface area contributed by atoms with Crippen LogP contribution in [0.5, 0.6) is 5.75 Å². The molecule has 2 N–H and O–H groups in total. The number of alkyl halides is 2. The molecule has 0 unspecified atom stereocenters. The molecule has 106 valence electrons. The van der Waals surface area contributed by atoms with Crippen molar-refractivity contribution in [3.63, 3.8) is 0 Å². The Labute approximate surface area is 117 Å². The van der Waals surface area contributed by atoms with Crippen LogP contribution < -0.4 is 10.5 Å². The van der Waals surface area contributed by atoms with Crippen molar-refractivity contribution < 1.29 is 13.5 Å². The number of halogens is 2. The van der Waals surface area contributed by atoms with Gasteiger partial charge in [-0.3, -0.25) is 0 Å². The molecule has 2 nitrogen and oxygen atoms in total. The Balaban J connectivity index is 2.27. The van der Waals surface area contributed by atoms with E-state index in [4.69, 9.17) is 5.73 Å². The number of hydrogen-bond donors (Lipinski definition) is 1. The summed E-state index contributed by atoms with van der Waals surface area (Å²) < 4.78 is 28.6. The number of hydrogen-bond acceptors (Lipinski definition) is 2. The summed E-state index contributed by atoms with van der Waals surface area (Å²) in [5.41, 5.74) is 8.28. The maximum Gasteiger partial charge on any atom is 0.387 e. The van der Waals surface area contributed by atoms with Gasteiger partial charge in [-0.05, 0) is 35.4 Å². The quantitative estimate of drug-likeness (QED) is 0.850. The van der Waals surface area contributed by atoms with Gasteiger partial charge >= 0.3 is 6.61 Å². The fourth-order valence-corrected chi connectivity index (χ4v) is 2.12. The molecular formula is C16H17F2NO. The first kappa shape index (κ1) is 14.3. The first-order valence-electron chi connectivity index (χ1n) is 6.31. The molecule has 0 spiro atoms. The van der Waals surface area contributed by atoms with E-state index in [1.807, 2.05) is 24.3 Å². The molecule has 2 rings (SSSR count). The van der Waals surface area contributed by atoms with Gasteiger partial charge in [0.15, 0.2) is 0 Å². The van der Waals surface area contributed by atoms with E-state index in [9.17, 15) is 8.78 Å². The summed E-state index contributed by atoms with van der Waals surface area (Å²) in [6.07, 6.45) is 0. The number of nitrogen functional groups attached to an aromatic ring is 1. The first-order valence-corrected chi connectivity index (χ1v) is 6.31. The lowest BCUT2D eigenvalue weighted by Crippen LogP contribution is -2.18. The number of anilines is 1. The van der Waals surface area contributed by atoms with Gasteiger partial charge in [-0.2, -0.15) is 8.78 Å². The zero-order valence-corrected chi connectivity index (χ0v) is 11.4. The second kappa shape index (κ2) is 5.49. The van der Waals surface area contributed by atoms with Crippen LogP contribution in [0.1, 0.15) is 25.0 Å². The highest BCUT2D eigenvalue weighted by Gasteiger charge is 2.23. The van der Waals surface area contributed by atoms with E-state index in [1.54, 1.807) is 24.3 Å². The van der Waals surface area contributed by atoms with Crippen molar-refractivity contribution in [1.29, 1.82) is 0 Å². The Morgan fingerprint density at radius 1 is 0.900 bits per heavy atom. The molecule has 0 atom stereocenters. The van der Waals surface area contributed by atoms with Crippen molar-refractivity contribution in [2.24, 2.45) is 0 Å². The minimum Gasteiger partial charge on any atom is -0.435 e. The van der Waals surface area contributed by atoms with Crippen molar-refractivity contribution in [2.75, 3.05) is 5.73 Å². The van der Waals surface area contributed by atoms with Gasteiger partial charge in [0.2, 0.25) is 0 Å². The molecular weight excluding hydrogens is 260 g/mol. The summed E-state index contributed by atoms with van der Waals surface area (Å²) in [6.45, 7) is 1.34. The standard InChI is InChI=1S/C16H17F2NO/c1-16(2,11-3-7-13(19)8-4-11)12-5-9-14(10-6-12)20-15(17)18/h3-10,15H,19H2,1-2H3. The highest BCUT2D eigenvalue weighted by molar-refractivity contribution is 5.45. The predicted octanol–water partition coefficient (Wildman–Crippen LogP) is 4.20. The summed E-state index contributed by atoms with van der Waals surface area (Å²) in [5.74, 6) is 0.164. The van der Waals surface area contributed by atoms with Crippen molar-refractivity contribution in [3.05, 3.63) is 59.7 Å². The molecule has 0 heterocycles. The highest BCUT2D eigenvalue weighted by atomic mass is 19.3. The summed E-state index contributed by atoms with van der Waals surface area (Å²) in [7, 11) is 0. The lowest BCUT2D eigenvalue weighted by Gasteiger charge is -2.26. The molecule has 0 saturated carbocycles. The number of benzene rings is 2. The Morgan fingerprint density at radius 3 is 1.80 bits per heavy atom. The van der Waals surface area contributed by atoms with Crippen LogP contribution in [0.4, 0.5) is 14.5 Å². The number of nitrogens with two attached hydrogens (primary N) is 1. The van der Waals surface area contributed by atoms with Gasteiger partial charge in [-0.25, -0.2) is 0 Å². The molecule has 0 fully saturated rings. The van der Waals surface area contributed by atoms with Crippen LogP contribution in [0.25, 0.3) is 0 Å². The van der Waals surface area contributed by atoms with Gasteiger partial charge in [-0.1, -0.05) is 38.1 Å². The van der Waals surface area contributed by atoms with Gasteiger partial charge < -0.3 is 10.5 Å². The Morgan fingerprint density at radius 2 is 1.35 bits per heavy atom. The van der Waals surface area contributed by atoms with Crippen molar-refractivity contribution >= 4 is 5.69 Å². The normalized spacial score (nSPS) is 11.7. The molecule has 0 aromatic heterocycles.